The topological polar surface area (TPSA) is 30.7 Å². The standard InChI is InChI=1S/C11H12BrN3/c1-9-7-14-11(12)15(9)6-4-10-3-2-5-13-8-10/h2-3,5,7-8H,4,6H2,1H3. The smallest absolute Gasteiger partial charge is 0.177 e. The van der Waals surface area contributed by atoms with E-state index in [9.17, 15) is 0 Å². The van der Waals surface area contributed by atoms with E-state index in [0.717, 1.165) is 17.7 Å². The van der Waals surface area contributed by atoms with Gasteiger partial charge in [-0.15, -0.1) is 0 Å². The Labute approximate surface area is 97.3 Å². The van der Waals surface area contributed by atoms with Gasteiger partial charge >= 0.3 is 0 Å². The lowest BCUT2D eigenvalue weighted by molar-refractivity contribution is 0.661. The third-order valence-corrected chi connectivity index (χ3v) is 2.99. The molecule has 0 fully saturated rings. The normalized spacial score (nSPS) is 10.5. The van der Waals surface area contributed by atoms with Crippen LogP contribution in [0, 0.1) is 6.92 Å². The average molecular weight is 266 g/mol. The summed E-state index contributed by atoms with van der Waals surface area (Å²) < 4.78 is 3.04. The van der Waals surface area contributed by atoms with Crippen molar-refractivity contribution < 1.29 is 0 Å². The van der Waals surface area contributed by atoms with Crippen LogP contribution >= 0.6 is 15.9 Å². The van der Waals surface area contributed by atoms with Crippen molar-refractivity contribution in [2.24, 2.45) is 0 Å². The van der Waals surface area contributed by atoms with Crippen molar-refractivity contribution in [3.8, 4) is 0 Å². The van der Waals surface area contributed by atoms with Crippen LogP contribution in [0.25, 0.3) is 0 Å². The van der Waals surface area contributed by atoms with E-state index in [1.165, 1.54) is 11.3 Å². The molecule has 15 heavy (non-hydrogen) atoms. The minimum Gasteiger partial charge on any atom is -0.323 e. The molecule has 0 aliphatic rings. The molecule has 0 atom stereocenters. The third kappa shape index (κ3) is 2.45. The van der Waals surface area contributed by atoms with Crippen molar-refractivity contribution in [1.29, 1.82) is 0 Å². The molecule has 0 saturated heterocycles. The Balaban J connectivity index is 2.05. The molecule has 0 spiro atoms. The molecule has 3 nitrogen and oxygen atoms in total. The van der Waals surface area contributed by atoms with E-state index >= 15 is 0 Å². The lowest BCUT2D eigenvalue weighted by atomic mass is 10.2. The van der Waals surface area contributed by atoms with Gasteiger partial charge < -0.3 is 4.57 Å². The number of aryl methyl sites for hydroxylation is 2. The number of nitrogens with zero attached hydrogens (tertiary/aromatic N) is 3. The largest absolute Gasteiger partial charge is 0.323 e. The number of halogens is 1. The lowest BCUT2D eigenvalue weighted by Gasteiger charge is -2.06. The van der Waals surface area contributed by atoms with Gasteiger partial charge in [-0.2, -0.15) is 0 Å². The van der Waals surface area contributed by atoms with Crippen molar-refractivity contribution in [2.75, 3.05) is 0 Å². The molecule has 0 unspecified atom stereocenters. The molecular weight excluding hydrogens is 254 g/mol. The quantitative estimate of drug-likeness (QED) is 0.854. The first-order valence-electron chi connectivity index (χ1n) is 4.84. The van der Waals surface area contributed by atoms with Crippen LogP contribution in [-0.2, 0) is 13.0 Å². The molecule has 2 rings (SSSR count). The Hall–Kier alpha value is -1.16. The highest BCUT2D eigenvalue weighted by atomic mass is 79.9. The highest BCUT2D eigenvalue weighted by Crippen LogP contribution is 2.12. The fourth-order valence-electron chi connectivity index (χ4n) is 1.49. The molecule has 2 heterocycles. The minimum atomic E-state index is 0.892. The number of imidazole rings is 1. The van der Waals surface area contributed by atoms with E-state index in [-0.39, 0.29) is 0 Å². The van der Waals surface area contributed by atoms with Gasteiger partial charge in [0.15, 0.2) is 4.73 Å². The van der Waals surface area contributed by atoms with Crippen LogP contribution in [-0.4, -0.2) is 14.5 Å². The fraction of sp³-hybridized carbons (Fsp3) is 0.273. The second-order valence-electron chi connectivity index (χ2n) is 3.43. The van der Waals surface area contributed by atoms with Gasteiger partial charge in [-0.05, 0) is 40.9 Å². The fourth-order valence-corrected chi connectivity index (χ4v) is 2.05. The zero-order valence-corrected chi connectivity index (χ0v) is 10.1. The van der Waals surface area contributed by atoms with E-state index < -0.39 is 0 Å². The Morgan fingerprint density at radius 2 is 2.27 bits per heavy atom. The summed E-state index contributed by atoms with van der Waals surface area (Å²) in [6.45, 7) is 2.99. The minimum absolute atomic E-state index is 0.892. The summed E-state index contributed by atoms with van der Waals surface area (Å²) in [4.78, 5) is 8.29. The van der Waals surface area contributed by atoms with Crippen molar-refractivity contribution in [1.82, 2.24) is 14.5 Å². The van der Waals surface area contributed by atoms with Crippen molar-refractivity contribution in [3.05, 3.63) is 46.7 Å². The van der Waals surface area contributed by atoms with Crippen molar-refractivity contribution >= 4 is 15.9 Å². The van der Waals surface area contributed by atoms with Gasteiger partial charge in [0.2, 0.25) is 0 Å². The Morgan fingerprint density at radius 3 is 2.87 bits per heavy atom. The van der Waals surface area contributed by atoms with Crippen LogP contribution in [0.1, 0.15) is 11.3 Å². The molecule has 2 aromatic rings. The molecule has 2 aromatic heterocycles. The zero-order chi connectivity index (χ0) is 10.7. The maximum atomic E-state index is 4.19. The summed E-state index contributed by atoms with van der Waals surface area (Å²) in [6.07, 6.45) is 6.54. The number of hydrogen-bond donors (Lipinski definition) is 0. The SMILES string of the molecule is Cc1cnc(Br)n1CCc1cccnc1. The average Bonchev–Trinajstić information content (AvgIpc) is 2.58. The molecule has 0 radical (unpaired) electrons. The van der Waals surface area contributed by atoms with Gasteiger partial charge in [0.1, 0.15) is 0 Å². The number of hydrogen-bond acceptors (Lipinski definition) is 2. The van der Waals surface area contributed by atoms with Gasteiger partial charge in [0.05, 0.1) is 0 Å². The monoisotopic (exact) mass is 265 g/mol. The number of pyridine rings is 1. The van der Waals surface area contributed by atoms with Gasteiger partial charge in [-0.3, -0.25) is 4.98 Å². The Morgan fingerprint density at radius 1 is 1.40 bits per heavy atom. The molecule has 0 saturated carbocycles. The van der Waals surface area contributed by atoms with Crippen molar-refractivity contribution in [3.63, 3.8) is 0 Å². The maximum absolute atomic E-state index is 4.19. The van der Waals surface area contributed by atoms with E-state index in [1.54, 1.807) is 6.20 Å². The van der Waals surface area contributed by atoms with Crippen LogP contribution in [0.2, 0.25) is 0 Å². The first-order chi connectivity index (χ1) is 7.27. The number of aromatic nitrogens is 3. The van der Waals surface area contributed by atoms with Crippen LogP contribution < -0.4 is 0 Å². The predicted octanol–water partition coefficient (Wildman–Crippen LogP) is 2.59. The highest BCUT2D eigenvalue weighted by molar-refractivity contribution is 9.10. The second-order valence-corrected chi connectivity index (χ2v) is 4.14. The molecule has 0 aliphatic heterocycles. The molecule has 78 valence electrons. The summed E-state index contributed by atoms with van der Waals surface area (Å²) in [5.41, 5.74) is 2.42. The van der Waals surface area contributed by atoms with Crippen LogP contribution in [0.4, 0.5) is 0 Å². The van der Waals surface area contributed by atoms with Crippen LogP contribution in [0.3, 0.4) is 0 Å². The van der Waals surface area contributed by atoms with E-state index in [4.69, 9.17) is 0 Å². The van der Waals surface area contributed by atoms with Crippen molar-refractivity contribution in [2.45, 2.75) is 19.9 Å². The Kier molecular flexibility index (Phi) is 3.16. The van der Waals surface area contributed by atoms with Gasteiger partial charge in [-0.25, -0.2) is 4.98 Å². The molecule has 0 aromatic carbocycles. The van der Waals surface area contributed by atoms with Crippen LogP contribution in [0.5, 0.6) is 0 Å². The summed E-state index contributed by atoms with van der Waals surface area (Å²) in [7, 11) is 0. The summed E-state index contributed by atoms with van der Waals surface area (Å²) in [5, 5.41) is 0. The predicted molar refractivity (Wildman–Crippen MR) is 62.6 cm³/mol. The van der Waals surface area contributed by atoms with E-state index in [2.05, 4.69) is 43.5 Å². The molecule has 0 bridgehead atoms. The van der Waals surface area contributed by atoms with Crippen LogP contribution in [0.15, 0.2) is 35.5 Å². The summed E-state index contributed by atoms with van der Waals surface area (Å²) in [5.74, 6) is 0. The zero-order valence-electron chi connectivity index (χ0n) is 8.52. The first kappa shape index (κ1) is 10.4. The molecular formula is C11H12BrN3. The summed E-state index contributed by atoms with van der Waals surface area (Å²) >= 11 is 3.43. The van der Waals surface area contributed by atoms with Gasteiger partial charge in [0, 0.05) is 30.8 Å². The Bertz CT molecular complexity index is 417. The maximum Gasteiger partial charge on any atom is 0.177 e. The van der Waals surface area contributed by atoms with Gasteiger partial charge in [-0.1, -0.05) is 6.07 Å². The van der Waals surface area contributed by atoms with E-state index in [1.807, 2.05) is 18.5 Å². The van der Waals surface area contributed by atoms with E-state index in [0.29, 0.717) is 0 Å². The third-order valence-electron chi connectivity index (χ3n) is 2.35. The summed E-state index contributed by atoms with van der Waals surface area (Å²) in [6, 6.07) is 4.05. The molecule has 0 aliphatic carbocycles. The number of rotatable bonds is 3. The molecule has 0 N–H and O–H groups in total. The highest BCUT2D eigenvalue weighted by Gasteiger charge is 2.03. The second kappa shape index (κ2) is 4.57. The van der Waals surface area contributed by atoms with Gasteiger partial charge in [0.25, 0.3) is 0 Å². The lowest BCUT2D eigenvalue weighted by Crippen LogP contribution is -2.03. The molecule has 0 amide bonds. The molecule has 4 heteroatoms. The first-order valence-corrected chi connectivity index (χ1v) is 5.63.